The minimum absolute atomic E-state index is 0.147. The van der Waals surface area contributed by atoms with Crippen molar-refractivity contribution in [2.45, 2.75) is 33.7 Å². The maximum Gasteiger partial charge on any atom is 0.276 e. The van der Waals surface area contributed by atoms with Gasteiger partial charge < -0.3 is 19.6 Å². The van der Waals surface area contributed by atoms with E-state index >= 15 is 0 Å². The second-order valence-corrected chi connectivity index (χ2v) is 6.44. The van der Waals surface area contributed by atoms with Gasteiger partial charge in [0.2, 0.25) is 11.8 Å². The van der Waals surface area contributed by atoms with Crippen LogP contribution in [-0.4, -0.2) is 64.9 Å². The lowest BCUT2D eigenvalue weighted by atomic mass is 10.1. The van der Waals surface area contributed by atoms with Crippen molar-refractivity contribution >= 4 is 17.7 Å². The van der Waals surface area contributed by atoms with Crippen LogP contribution in [0.25, 0.3) is 0 Å². The van der Waals surface area contributed by atoms with E-state index < -0.39 is 6.04 Å². The molecule has 132 valence electrons. The van der Waals surface area contributed by atoms with E-state index in [2.05, 4.69) is 10.5 Å². The summed E-state index contributed by atoms with van der Waals surface area (Å²) in [6, 6.07) is 0.875. The molecule has 1 fully saturated rings. The van der Waals surface area contributed by atoms with E-state index in [0.29, 0.717) is 31.3 Å². The van der Waals surface area contributed by atoms with Crippen LogP contribution in [0.1, 0.15) is 37.0 Å². The van der Waals surface area contributed by atoms with Gasteiger partial charge in [-0.25, -0.2) is 0 Å². The van der Waals surface area contributed by atoms with E-state index in [9.17, 15) is 14.4 Å². The minimum Gasteiger partial charge on any atom is -0.361 e. The molecule has 1 unspecified atom stereocenters. The Morgan fingerprint density at radius 1 is 1.38 bits per heavy atom. The monoisotopic (exact) mass is 336 g/mol. The van der Waals surface area contributed by atoms with Crippen molar-refractivity contribution in [3.05, 3.63) is 17.5 Å². The molecular weight excluding hydrogens is 312 g/mol. The summed E-state index contributed by atoms with van der Waals surface area (Å²) in [4.78, 5) is 39.8. The van der Waals surface area contributed by atoms with Crippen LogP contribution in [0.15, 0.2) is 10.6 Å². The van der Waals surface area contributed by atoms with Gasteiger partial charge in [0, 0.05) is 32.6 Å². The first-order chi connectivity index (χ1) is 11.3. The Labute approximate surface area is 141 Å². The van der Waals surface area contributed by atoms with Crippen LogP contribution in [0.2, 0.25) is 0 Å². The molecule has 2 heterocycles. The van der Waals surface area contributed by atoms with Crippen LogP contribution in [0, 0.1) is 12.8 Å². The highest BCUT2D eigenvalue weighted by atomic mass is 16.5. The molecule has 1 atom stereocenters. The Morgan fingerprint density at radius 2 is 2.08 bits per heavy atom. The molecule has 3 amide bonds. The summed E-state index contributed by atoms with van der Waals surface area (Å²) in [7, 11) is 0. The van der Waals surface area contributed by atoms with E-state index in [1.54, 1.807) is 13.0 Å². The highest BCUT2D eigenvalue weighted by molar-refractivity contribution is 5.94. The van der Waals surface area contributed by atoms with Crippen molar-refractivity contribution in [2.24, 2.45) is 5.92 Å². The minimum atomic E-state index is -0.688. The average molecular weight is 336 g/mol. The van der Waals surface area contributed by atoms with Crippen LogP contribution in [-0.2, 0) is 9.59 Å². The quantitative estimate of drug-likeness (QED) is 0.860. The number of carbonyl (C=O) groups excluding carboxylic acids is 3. The van der Waals surface area contributed by atoms with Gasteiger partial charge in [-0.2, -0.15) is 0 Å². The lowest BCUT2D eigenvalue weighted by Crippen LogP contribution is -2.61. The summed E-state index contributed by atoms with van der Waals surface area (Å²) in [5.74, 6) is 0.139. The fourth-order valence-electron chi connectivity index (χ4n) is 2.62. The Hall–Kier alpha value is -2.38. The zero-order chi connectivity index (χ0) is 17.9. The number of aromatic nitrogens is 1. The standard InChI is InChI=1S/C16H24N4O4/c1-10(2)8-17-15(22)14-9-19(5-6-20(14)12(4)21)16(23)13-7-11(3)24-18-13/h7,10,14H,5-6,8-9H2,1-4H3,(H,17,22). The number of piperazine rings is 1. The molecule has 0 aromatic carbocycles. The van der Waals surface area contributed by atoms with Gasteiger partial charge in [0.1, 0.15) is 11.8 Å². The molecule has 0 aliphatic carbocycles. The van der Waals surface area contributed by atoms with E-state index in [1.807, 2.05) is 13.8 Å². The normalized spacial score (nSPS) is 18.0. The van der Waals surface area contributed by atoms with E-state index in [4.69, 9.17) is 4.52 Å². The average Bonchev–Trinajstić information content (AvgIpc) is 2.97. The SMILES string of the molecule is CC(=O)N1CCN(C(=O)c2cc(C)on2)CC1C(=O)NCC(C)C. The molecule has 1 aromatic rings. The predicted molar refractivity (Wildman–Crippen MR) is 86.2 cm³/mol. The summed E-state index contributed by atoms with van der Waals surface area (Å²) in [6.45, 7) is 8.47. The molecule has 0 radical (unpaired) electrons. The molecule has 24 heavy (non-hydrogen) atoms. The zero-order valence-electron chi connectivity index (χ0n) is 14.5. The lowest BCUT2D eigenvalue weighted by Gasteiger charge is -2.39. The van der Waals surface area contributed by atoms with Crippen LogP contribution >= 0.6 is 0 Å². The molecule has 1 aromatic heterocycles. The van der Waals surface area contributed by atoms with Gasteiger partial charge in [-0.3, -0.25) is 14.4 Å². The summed E-state index contributed by atoms with van der Waals surface area (Å²) in [5.41, 5.74) is 0.213. The number of rotatable bonds is 4. The maximum absolute atomic E-state index is 12.5. The summed E-state index contributed by atoms with van der Waals surface area (Å²) in [6.07, 6.45) is 0. The third-order valence-electron chi connectivity index (χ3n) is 3.91. The molecule has 1 N–H and O–H groups in total. The second-order valence-electron chi connectivity index (χ2n) is 6.44. The van der Waals surface area contributed by atoms with Crippen LogP contribution < -0.4 is 5.32 Å². The van der Waals surface area contributed by atoms with Gasteiger partial charge in [-0.15, -0.1) is 0 Å². The van der Waals surface area contributed by atoms with Crippen LogP contribution in [0.3, 0.4) is 0 Å². The van der Waals surface area contributed by atoms with Crippen molar-refractivity contribution in [3.8, 4) is 0 Å². The molecule has 1 aliphatic rings. The highest BCUT2D eigenvalue weighted by Crippen LogP contribution is 2.14. The van der Waals surface area contributed by atoms with Gasteiger partial charge in [0.25, 0.3) is 5.91 Å². The van der Waals surface area contributed by atoms with Gasteiger partial charge in [0.05, 0.1) is 6.54 Å². The predicted octanol–water partition coefficient (Wildman–Crippen LogP) is 0.428. The van der Waals surface area contributed by atoms with Gasteiger partial charge in [-0.05, 0) is 12.8 Å². The van der Waals surface area contributed by atoms with Crippen LogP contribution in [0.5, 0.6) is 0 Å². The number of nitrogens with one attached hydrogen (secondary N) is 1. The van der Waals surface area contributed by atoms with Gasteiger partial charge in [-0.1, -0.05) is 19.0 Å². The van der Waals surface area contributed by atoms with E-state index in [-0.39, 0.29) is 30.0 Å². The van der Waals surface area contributed by atoms with Crippen LogP contribution in [0.4, 0.5) is 0 Å². The molecule has 0 saturated carbocycles. The molecule has 2 rings (SSSR count). The highest BCUT2D eigenvalue weighted by Gasteiger charge is 2.36. The first-order valence-corrected chi connectivity index (χ1v) is 8.07. The second kappa shape index (κ2) is 7.46. The number of amides is 3. The summed E-state index contributed by atoms with van der Waals surface area (Å²) in [5, 5.41) is 6.56. The molecule has 0 spiro atoms. The Bertz CT molecular complexity index is 625. The van der Waals surface area contributed by atoms with Crippen molar-refractivity contribution in [1.82, 2.24) is 20.3 Å². The number of aryl methyl sites for hydroxylation is 1. The molecule has 1 aliphatic heterocycles. The lowest BCUT2D eigenvalue weighted by molar-refractivity contribution is -0.141. The summed E-state index contributed by atoms with van der Waals surface area (Å²) >= 11 is 0. The number of hydrogen-bond acceptors (Lipinski definition) is 5. The van der Waals surface area contributed by atoms with E-state index in [1.165, 1.54) is 16.7 Å². The Balaban J connectivity index is 2.11. The number of hydrogen-bond donors (Lipinski definition) is 1. The van der Waals surface area contributed by atoms with Crippen molar-refractivity contribution in [2.75, 3.05) is 26.2 Å². The smallest absolute Gasteiger partial charge is 0.276 e. The van der Waals surface area contributed by atoms with Crippen molar-refractivity contribution in [1.29, 1.82) is 0 Å². The Morgan fingerprint density at radius 3 is 2.62 bits per heavy atom. The third kappa shape index (κ3) is 4.12. The first kappa shape index (κ1) is 18.0. The molecule has 1 saturated heterocycles. The number of carbonyl (C=O) groups is 3. The van der Waals surface area contributed by atoms with Gasteiger partial charge in [0.15, 0.2) is 5.69 Å². The summed E-state index contributed by atoms with van der Waals surface area (Å²) < 4.78 is 4.93. The zero-order valence-corrected chi connectivity index (χ0v) is 14.5. The van der Waals surface area contributed by atoms with Gasteiger partial charge >= 0.3 is 0 Å². The Kier molecular flexibility index (Phi) is 5.58. The maximum atomic E-state index is 12.5. The van der Waals surface area contributed by atoms with E-state index in [0.717, 1.165) is 0 Å². The third-order valence-corrected chi connectivity index (χ3v) is 3.91. The first-order valence-electron chi connectivity index (χ1n) is 8.07. The molecule has 0 bridgehead atoms. The molecule has 8 nitrogen and oxygen atoms in total. The van der Waals surface area contributed by atoms with Crippen molar-refractivity contribution in [3.63, 3.8) is 0 Å². The molecule has 8 heteroatoms. The topological polar surface area (TPSA) is 95.8 Å². The number of nitrogens with zero attached hydrogens (tertiary/aromatic N) is 3. The molecular formula is C16H24N4O4. The fraction of sp³-hybridized carbons (Fsp3) is 0.625. The largest absolute Gasteiger partial charge is 0.361 e. The van der Waals surface area contributed by atoms with Crippen molar-refractivity contribution < 1.29 is 18.9 Å². The fourth-order valence-corrected chi connectivity index (χ4v) is 2.62.